The quantitative estimate of drug-likeness (QED) is 0.371. The second-order valence-corrected chi connectivity index (χ2v) is 9.83. The average molecular weight is 463 g/mol. The third-order valence-electron chi connectivity index (χ3n) is 4.48. The van der Waals surface area contributed by atoms with Gasteiger partial charge in [-0.3, -0.25) is 9.80 Å². The summed E-state index contributed by atoms with van der Waals surface area (Å²) in [5.41, 5.74) is 2.19. The Morgan fingerprint density at radius 1 is 0.794 bits per heavy atom. The van der Waals surface area contributed by atoms with Gasteiger partial charge in [0.05, 0.1) is 6.54 Å². The van der Waals surface area contributed by atoms with Crippen molar-refractivity contribution < 1.29 is 19.1 Å². The van der Waals surface area contributed by atoms with Crippen molar-refractivity contribution in [1.29, 1.82) is 0 Å². The molecule has 0 unspecified atom stereocenters. The van der Waals surface area contributed by atoms with E-state index in [1.807, 2.05) is 102 Å². The highest BCUT2D eigenvalue weighted by Gasteiger charge is 2.23. The first-order chi connectivity index (χ1) is 15.8. The van der Waals surface area contributed by atoms with Gasteiger partial charge in [-0.15, -0.1) is 6.42 Å². The zero-order valence-electron chi connectivity index (χ0n) is 21.1. The number of nitrogens with zero attached hydrogens (tertiary/aromatic N) is 2. The summed E-state index contributed by atoms with van der Waals surface area (Å²) in [7, 11) is 1.68. The number of carbonyl (C=O) groups excluding carboxylic acids is 2. The molecule has 180 valence electrons. The van der Waals surface area contributed by atoms with Crippen LogP contribution in [0.2, 0.25) is 0 Å². The highest BCUT2D eigenvalue weighted by atomic mass is 16.6. The summed E-state index contributed by atoms with van der Waals surface area (Å²) in [4.78, 5) is 27.6. The molecular weight excluding hydrogens is 428 g/mol. The molecule has 0 spiro atoms. The van der Waals surface area contributed by atoms with Crippen molar-refractivity contribution in [1.82, 2.24) is 0 Å². The van der Waals surface area contributed by atoms with Crippen molar-refractivity contribution >= 4 is 35.7 Å². The molecule has 2 aromatic carbocycles. The van der Waals surface area contributed by atoms with Gasteiger partial charge in [0.2, 0.25) is 0 Å². The van der Waals surface area contributed by atoms with Crippen molar-refractivity contribution in [2.75, 3.05) is 23.4 Å². The van der Waals surface area contributed by atoms with Gasteiger partial charge in [0, 0.05) is 18.4 Å². The summed E-state index contributed by atoms with van der Waals surface area (Å²) in [5.74, 6) is 2.50. The molecular formula is C28H34N2O4. The molecule has 2 rings (SSSR count). The third kappa shape index (κ3) is 8.32. The van der Waals surface area contributed by atoms with Crippen LogP contribution in [0.5, 0.6) is 0 Å². The van der Waals surface area contributed by atoms with Crippen LogP contribution in [0, 0.1) is 12.3 Å². The molecule has 0 bridgehead atoms. The van der Waals surface area contributed by atoms with E-state index in [9.17, 15) is 9.59 Å². The molecule has 0 aromatic heterocycles. The Balaban J connectivity index is 2.08. The second kappa shape index (κ2) is 10.9. The molecule has 0 aliphatic rings. The van der Waals surface area contributed by atoms with Gasteiger partial charge in [0.15, 0.2) is 0 Å². The SMILES string of the molecule is C#CCN(C(=O)OC(C)(C)C)c1ccc(/C=C/c2ccc(N(C)C(=O)OC(C)(C)C)cc2)cc1. The Morgan fingerprint density at radius 2 is 1.21 bits per heavy atom. The molecule has 0 saturated carbocycles. The molecule has 2 amide bonds. The largest absolute Gasteiger partial charge is 0.443 e. The van der Waals surface area contributed by atoms with Crippen LogP contribution in [0.15, 0.2) is 48.5 Å². The first kappa shape index (κ1) is 26.5. The monoisotopic (exact) mass is 462 g/mol. The minimum atomic E-state index is -0.607. The third-order valence-corrected chi connectivity index (χ3v) is 4.48. The second-order valence-electron chi connectivity index (χ2n) is 9.83. The zero-order valence-corrected chi connectivity index (χ0v) is 21.1. The fourth-order valence-electron chi connectivity index (χ4n) is 2.87. The van der Waals surface area contributed by atoms with E-state index in [0.29, 0.717) is 5.69 Å². The molecule has 0 saturated heterocycles. The molecule has 2 aromatic rings. The van der Waals surface area contributed by atoms with E-state index in [1.165, 1.54) is 9.80 Å². The van der Waals surface area contributed by atoms with Crippen molar-refractivity contribution in [2.45, 2.75) is 52.7 Å². The van der Waals surface area contributed by atoms with Crippen molar-refractivity contribution in [2.24, 2.45) is 0 Å². The van der Waals surface area contributed by atoms with E-state index in [0.717, 1.165) is 16.8 Å². The Morgan fingerprint density at radius 3 is 1.62 bits per heavy atom. The van der Waals surface area contributed by atoms with Crippen LogP contribution in [-0.2, 0) is 9.47 Å². The average Bonchev–Trinajstić information content (AvgIpc) is 2.74. The fourth-order valence-corrected chi connectivity index (χ4v) is 2.87. The number of anilines is 2. The van der Waals surface area contributed by atoms with E-state index in [2.05, 4.69) is 5.92 Å². The maximum Gasteiger partial charge on any atom is 0.415 e. The Kier molecular flexibility index (Phi) is 8.53. The van der Waals surface area contributed by atoms with Crippen molar-refractivity contribution in [3.8, 4) is 12.3 Å². The summed E-state index contributed by atoms with van der Waals surface area (Å²) >= 11 is 0. The number of hydrogen-bond donors (Lipinski definition) is 0. The fraction of sp³-hybridized carbons (Fsp3) is 0.357. The van der Waals surface area contributed by atoms with Crippen LogP contribution in [0.25, 0.3) is 12.2 Å². The van der Waals surface area contributed by atoms with Gasteiger partial charge in [-0.25, -0.2) is 9.59 Å². The lowest BCUT2D eigenvalue weighted by atomic mass is 10.1. The predicted molar refractivity (Wildman–Crippen MR) is 139 cm³/mol. The molecule has 0 aliphatic heterocycles. The maximum atomic E-state index is 12.5. The lowest BCUT2D eigenvalue weighted by molar-refractivity contribution is 0.0576. The van der Waals surface area contributed by atoms with Gasteiger partial charge in [-0.1, -0.05) is 42.3 Å². The molecule has 0 radical (unpaired) electrons. The number of hydrogen-bond acceptors (Lipinski definition) is 4. The van der Waals surface area contributed by atoms with E-state index < -0.39 is 23.4 Å². The minimum absolute atomic E-state index is 0.119. The van der Waals surface area contributed by atoms with Gasteiger partial charge in [-0.05, 0) is 76.9 Å². The van der Waals surface area contributed by atoms with Crippen molar-refractivity contribution in [3.05, 3.63) is 59.7 Å². The van der Waals surface area contributed by atoms with Crippen molar-refractivity contribution in [3.63, 3.8) is 0 Å². The molecule has 0 fully saturated rings. The number of benzene rings is 2. The van der Waals surface area contributed by atoms with E-state index in [-0.39, 0.29) is 6.54 Å². The normalized spacial score (nSPS) is 11.6. The number of ether oxygens (including phenoxy) is 2. The summed E-state index contributed by atoms with van der Waals surface area (Å²) in [6.45, 7) is 11.1. The lowest BCUT2D eigenvalue weighted by Gasteiger charge is -2.26. The van der Waals surface area contributed by atoms with Gasteiger partial charge in [0.1, 0.15) is 11.2 Å². The minimum Gasteiger partial charge on any atom is -0.443 e. The standard InChI is InChI=1S/C28H34N2O4/c1-9-20-30(26(32)34-28(5,6)7)24-18-14-22(15-19-24)11-10-21-12-16-23(17-13-21)29(8)25(31)33-27(2,3)4/h1,10-19H,20H2,2-8H3/b11-10+. The molecule has 34 heavy (non-hydrogen) atoms. The summed E-state index contributed by atoms with van der Waals surface area (Å²) in [6.07, 6.45) is 8.50. The first-order valence-corrected chi connectivity index (χ1v) is 11.1. The summed E-state index contributed by atoms with van der Waals surface area (Å²) < 4.78 is 10.9. The van der Waals surface area contributed by atoms with Gasteiger partial charge < -0.3 is 9.47 Å². The smallest absolute Gasteiger partial charge is 0.415 e. The van der Waals surface area contributed by atoms with Crippen LogP contribution in [-0.4, -0.2) is 37.0 Å². The molecule has 0 N–H and O–H groups in total. The van der Waals surface area contributed by atoms with E-state index >= 15 is 0 Å². The van der Waals surface area contributed by atoms with Crippen LogP contribution < -0.4 is 9.80 Å². The number of terminal acetylenes is 1. The molecule has 0 aliphatic carbocycles. The maximum absolute atomic E-state index is 12.5. The van der Waals surface area contributed by atoms with Gasteiger partial charge >= 0.3 is 12.2 Å². The Bertz CT molecular complexity index is 1050. The first-order valence-electron chi connectivity index (χ1n) is 11.1. The number of amides is 2. The van der Waals surface area contributed by atoms with Gasteiger partial charge in [-0.2, -0.15) is 0 Å². The Labute approximate surface area is 203 Å². The highest BCUT2D eigenvalue weighted by Crippen LogP contribution is 2.21. The van der Waals surface area contributed by atoms with Gasteiger partial charge in [0.25, 0.3) is 0 Å². The van der Waals surface area contributed by atoms with E-state index in [1.54, 1.807) is 7.05 Å². The highest BCUT2D eigenvalue weighted by molar-refractivity contribution is 5.89. The van der Waals surface area contributed by atoms with Crippen LogP contribution in [0.4, 0.5) is 21.0 Å². The molecule has 6 nitrogen and oxygen atoms in total. The zero-order chi connectivity index (χ0) is 25.5. The summed E-state index contributed by atoms with van der Waals surface area (Å²) in [5, 5.41) is 0. The van der Waals surface area contributed by atoms with E-state index in [4.69, 9.17) is 15.9 Å². The van der Waals surface area contributed by atoms with Crippen LogP contribution in [0.3, 0.4) is 0 Å². The Hall–Kier alpha value is -3.72. The van der Waals surface area contributed by atoms with Crippen LogP contribution in [0.1, 0.15) is 52.7 Å². The lowest BCUT2D eigenvalue weighted by Crippen LogP contribution is -2.37. The molecule has 0 atom stereocenters. The molecule has 6 heteroatoms. The topological polar surface area (TPSA) is 59.1 Å². The number of rotatable bonds is 5. The summed E-state index contributed by atoms with van der Waals surface area (Å²) in [6, 6.07) is 15.1. The predicted octanol–water partition coefficient (Wildman–Crippen LogP) is 6.60. The molecule has 0 heterocycles. The number of carbonyl (C=O) groups is 2. The van der Waals surface area contributed by atoms with Crippen LogP contribution >= 0.6 is 0 Å².